The van der Waals surface area contributed by atoms with Gasteiger partial charge in [0.25, 0.3) is 0 Å². The first-order valence-electron chi connectivity index (χ1n) is 6.34. The zero-order chi connectivity index (χ0) is 13.5. The van der Waals surface area contributed by atoms with Crippen molar-refractivity contribution in [2.24, 2.45) is 0 Å². The van der Waals surface area contributed by atoms with Crippen LogP contribution < -0.4 is 0 Å². The molecule has 0 aliphatic rings. The van der Waals surface area contributed by atoms with Gasteiger partial charge in [-0.1, -0.05) is 32.9 Å². The van der Waals surface area contributed by atoms with Gasteiger partial charge in [0.1, 0.15) is 5.01 Å². The third-order valence-electron chi connectivity index (χ3n) is 3.36. The molecule has 0 aliphatic carbocycles. The maximum absolute atomic E-state index is 4.68. The first kappa shape index (κ1) is 13.3. The topological polar surface area (TPSA) is 12.9 Å². The van der Waals surface area contributed by atoms with Crippen LogP contribution in [0.5, 0.6) is 0 Å². The van der Waals surface area contributed by atoms with E-state index < -0.39 is 0 Å². The summed E-state index contributed by atoms with van der Waals surface area (Å²) in [7, 11) is 0. The Morgan fingerprint density at radius 1 is 1.06 bits per heavy atom. The molecule has 18 heavy (non-hydrogen) atoms. The molecule has 0 saturated carbocycles. The highest BCUT2D eigenvalue weighted by atomic mass is 32.1. The van der Waals surface area contributed by atoms with Gasteiger partial charge in [0.2, 0.25) is 0 Å². The van der Waals surface area contributed by atoms with Gasteiger partial charge in [0.15, 0.2) is 0 Å². The highest BCUT2D eigenvalue weighted by molar-refractivity contribution is 7.15. The number of nitrogens with zero attached hydrogens (tertiary/aromatic N) is 1. The van der Waals surface area contributed by atoms with Crippen molar-refractivity contribution in [3.63, 3.8) is 0 Å². The lowest BCUT2D eigenvalue weighted by Gasteiger charge is -2.20. The number of hydrogen-bond acceptors (Lipinski definition) is 2. The van der Waals surface area contributed by atoms with E-state index in [4.69, 9.17) is 0 Å². The van der Waals surface area contributed by atoms with E-state index >= 15 is 0 Å². The van der Waals surface area contributed by atoms with Gasteiger partial charge in [-0.05, 0) is 43.4 Å². The van der Waals surface area contributed by atoms with E-state index in [1.807, 2.05) is 0 Å². The van der Waals surface area contributed by atoms with Crippen molar-refractivity contribution in [1.82, 2.24) is 4.98 Å². The quantitative estimate of drug-likeness (QED) is 0.699. The minimum absolute atomic E-state index is 0.184. The van der Waals surface area contributed by atoms with Gasteiger partial charge in [-0.3, -0.25) is 0 Å². The Kier molecular flexibility index (Phi) is 3.33. The van der Waals surface area contributed by atoms with Gasteiger partial charge in [0, 0.05) is 10.4 Å². The number of hydrogen-bond donors (Lipinski definition) is 0. The Bertz CT molecular complexity index is 554. The fourth-order valence-electron chi connectivity index (χ4n) is 1.91. The van der Waals surface area contributed by atoms with Crippen LogP contribution in [0.2, 0.25) is 0 Å². The molecule has 0 bridgehead atoms. The van der Waals surface area contributed by atoms with E-state index in [0.29, 0.717) is 0 Å². The van der Waals surface area contributed by atoms with Crippen LogP contribution in [0.1, 0.15) is 42.5 Å². The summed E-state index contributed by atoms with van der Waals surface area (Å²) in [5.41, 5.74) is 5.29. The molecular weight excluding hydrogens is 238 g/mol. The van der Waals surface area contributed by atoms with E-state index in [1.165, 1.54) is 21.6 Å². The van der Waals surface area contributed by atoms with Gasteiger partial charge in [0.05, 0.1) is 5.69 Å². The summed E-state index contributed by atoms with van der Waals surface area (Å²) in [6, 6.07) is 6.74. The Morgan fingerprint density at radius 3 is 2.22 bits per heavy atom. The van der Waals surface area contributed by atoms with Gasteiger partial charge >= 0.3 is 0 Å². The summed E-state index contributed by atoms with van der Waals surface area (Å²) < 4.78 is 0. The van der Waals surface area contributed by atoms with Crippen LogP contribution in [-0.4, -0.2) is 4.98 Å². The third kappa shape index (κ3) is 2.49. The van der Waals surface area contributed by atoms with E-state index in [0.717, 1.165) is 10.7 Å². The molecule has 1 aromatic heterocycles. The maximum atomic E-state index is 4.68. The highest BCUT2D eigenvalue weighted by Crippen LogP contribution is 2.33. The van der Waals surface area contributed by atoms with E-state index in [2.05, 4.69) is 64.7 Å². The molecule has 2 rings (SSSR count). The van der Waals surface area contributed by atoms with Gasteiger partial charge in [-0.25, -0.2) is 4.98 Å². The normalized spacial score (nSPS) is 11.9. The molecule has 1 aromatic carbocycles. The molecule has 2 aromatic rings. The molecule has 0 radical (unpaired) electrons. The average Bonchev–Trinajstić information content (AvgIpc) is 2.58. The number of aryl methyl sites for hydroxylation is 3. The maximum Gasteiger partial charge on any atom is 0.124 e. The van der Waals surface area contributed by atoms with Gasteiger partial charge in [-0.2, -0.15) is 0 Å². The van der Waals surface area contributed by atoms with Crippen molar-refractivity contribution in [2.45, 2.75) is 47.0 Å². The second-order valence-corrected chi connectivity index (χ2v) is 7.14. The second kappa shape index (κ2) is 4.51. The molecule has 0 aliphatic heterocycles. The first-order chi connectivity index (χ1) is 8.29. The number of rotatable bonds is 1. The lowest BCUT2D eigenvalue weighted by molar-refractivity contribution is 0.590. The van der Waals surface area contributed by atoms with Crippen LogP contribution in [0.4, 0.5) is 0 Å². The summed E-state index contributed by atoms with van der Waals surface area (Å²) in [6.07, 6.45) is 0. The van der Waals surface area contributed by atoms with Crippen LogP contribution in [-0.2, 0) is 5.41 Å². The number of thiazole rings is 1. The van der Waals surface area contributed by atoms with Crippen LogP contribution in [0.3, 0.4) is 0 Å². The van der Waals surface area contributed by atoms with Gasteiger partial charge < -0.3 is 0 Å². The molecule has 0 amide bonds. The molecule has 0 saturated heterocycles. The lowest BCUT2D eigenvalue weighted by Crippen LogP contribution is -2.11. The van der Waals surface area contributed by atoms with Crippen molar-refractivity contribution in [2.75, 3.05) is 0 Å². The summed E-state index contributed by atoms with van der Waals surface area (Å²) in [5.74, 6) is 0. The number of benzene rings is 1. The summed E-state index contributed by atoms with van der Waals surface area (Å²) >= 11 is 1.79. The van der Waals surface area contributed by atoms with Crippen LogP contribution >= 0.6 is 11.3 Å². The molecular formula is C16H21NS. The second-order valence-electron chi connectivity index (χ2n) is 5.94. The zero-order valence-corrected chi connectivity index (χ0v) is 12.9. The smallest absolute Gasteiger partial charge is 0.124 e. The van der Waals surface area contributed by atoms with Crippen LogP contribution in [0, 0.1) is 20.8 Å². The lowest BCUT2D eigenvalue weighted by atomic mass is 9.85. The first-order valence-corrected chi connectivity index (χ1v) is 7.16. The standard InChI is InChI=1S/C16H21NS/c1-10-7-8-13(16(4,5)6)9-14(10)15-17-11(2)12(3)18-15/h7-9H,1-6H3. The summed E-state index contributed by atoms with van der Waals surface area (Å²) in [5, 5.41) is 1.15. The molecule has 1 nitrogen and oxygen atoms in total. The molecule has 0 spiro atoms. The number of aromatic nitrogens is 1. The van der Waals surface area contributed by atoms with Crippen molar-refractivity contribution >= 4 is 11.3 Å². The monoisotopic (exact) mass is 259 g/mol. The fraction of sp³-hybridized carbons (Fsp3) is 0.438. The SMILES string of the molecule is Cc1ccc(C(C)(C)C)cc1-c1nc(C)c(C)s1. The Morgan fingerprint density at radius 2 is 1.72 bits per heavy atom. The molecule has 0 atom stereocenters. The van der Waals surface area contributed by atoms with Gasteiger partial charge in [-0.15, -0.1) is 11.3 Å². The van der Waals surface area contributed by atoms with Crippen molar-refractivity contribution < 1.29 is 0 Å². The summed E-state index contributed by atoms with van der Waals surface area (Å²) in [4.78, 5) is 5.99. The molecule has 1 heterocycles. The molecule has 2 heteroatoms. The predicted octanol–water partition coefficient (Wildman–Crippen LogP) is 5.03. The minimum Gasteiger partial charge on any atom is -0.241 e. The van der Waals surface area contributed by atoms with E-state index in [1.54, 1.807) is 11.3 Å². The largest absolute Gasteiger partial charge is 0.241 e. The Balaban J connectivity index is 2.56. The summed E-state index contributed by atoms with van der Waals surface area (Å²) in [6.45, 7) is 13.1. The highest BCUT2D eigenvalue weighted by Gasteiger charge is 2.16. The third-order valence-corrected chi connectivity index (χ3v) is 4.47. The zero-order valence-electron chi connectivity index (χ0n) is 12.1. The molecule has 96 valence electrons. The minimum atomic E-state index is 0.184. The van der Waals surface area contributed by atoms with E-state index in [9.17, 15) is 0 Å². The van der Waals surface area contributed by atoms with Crippen molar-refractivity contribution in [3.8, 4) is 10.6 Å². The molecule has 0 N–H and O–H groups in total. The van der Waals surface area contributed by atoms with Crippen molar-refractivity contribution in [1.29, 1.82) is 0 Å². The van der Waals surface area contributed by atoms with Crippen molar-refractivity contribution in [3.05, 3.63) is 39.9 Å². The van der Waals surface area contributed by atoms with Crippen LogP contribution in [0.15, 0.2) is 18.2 Å². The Hall–Kier alpha value is -1.15. The van der Waals surface area contributed by atoms with E-state index in [-0.39, 0.29) is 5.41 Å². The predicted molar refractivity (Wildman–Crippen MR) is 80.5 cm³/mol. The Labute approximate surface area is 114 Å². The fourth-order valence-corrected chi connectivity index (χ4v) is 2.90. The average molecular weight is 259 g/mol. The molecule has 0 unspecified atom stereocenters. The molecule has 0 fully saturated rings. The van der Waals surface area contributed by atoms with Crippen LogP contribution in [0.25, 0.3) is 10.6 Å².